The molecular formula is C14H16N4S. The molecule has 5 heteroatoms. The molecule has 2 aromatic heterocycles. The smallest absolute Gasteiger partial charge is 0.128 e. The van der Waals surface area contributed by atoms with E-state index in [1.807, 2.05) is 30.6 Å². The molecule has 0 N–H and O–H groups in total. The first-order valence-corrected chi connectivity index (χ1v) is 7.28. The highest BCUT2D eigenvalue weighted by molar-refractivity contribution is 7.11. The fraction of sp³-hybridized carbons (Fsp3) is 0.286. The highest BCUT2D eigenvalue weighted by atomic mass is 32.1. The Hall–Kier alpha value is -1.88. The zero-order valence-electron chi connectivity index (χ0n) is 10.6. The van der Waals surface area contributed by atoms with Gasteiger partial charge in [-0.2, -0.15) is 5.10 Å². The van der Waals surface area contributed by atoms with Gasteiger partial charge in [0.05, 0.1) is 19.3 Å². The van der Waals surface area contributed by atoms with Crippen molar-refractivity contribution in [2.24, 2.45) is 5.10 Å². The molecule has 0 saturated carbocycles. The number of nitrogens with zero attached hydrogens (tertiary/aromatic N) is 4. The minimum Gasteiger partial charge on any atom is -0.353 e. The van der Waals surface area contributed by atoms with Crippen LogP contribution in [0, 0.1) is 0 Å². The van der Waals surface area contributed by atoms with Crippen LogP contribution in [0.3, 0.4) is 0 Å². The van der Waals surface area contributed by atoms with Crippen LogP contribution in [0.5, 0.6) is 0 Å². The summed E-state index contributed by atoms with van der Waals surface area (Å²) in [6, 6.07) is 10.2. The van der Waals surface area contributed by atoms with Crippen LogP contribution in [-0.2, 0) is 0 Å². The van der Waals surface area contributed by atoms with Crippen LogP contribution in [0.25, 0.3) is 0 Å². The standard InChI is InChI=1S/C14H16N4S/c1-2-6-15-14(5-1)17-7-9-18(10-8-17)16-12-13-4-3-11-19-13/h1-6,11-12H,7-10H2/b16-12+. The van der Waals surface area contributed by atoms with Crippen LogP contribution in [0.4, 0.5) is 5.82 Å². The fourth-order valence-corrected chi connectivity index (χ4v) is 2.66. The largest absolute Gasteiger partial charge is 0.353 e. The van der Waals surface area contributed by atoms with Crippen LogP contribution >= 0.6 is 11.3 Å². The predicted molar refractivity (Wildman–Crippen MR) is 79.9 cm³/mol. The van der Waals surface area contributed by atoms with E-state index in [0.29, 0.717) is 0 Å². The monoisotopic (exact) mass is 272 g/mol. The van der Waals surface area contributed by atoms with Crippen molar-refractivity contribution >= 4 is 23.4 Å². The van der Waals surface area contributed by atoms with Gasteiger partial charge < -0.3 is 4.90 Å². The van der Waals surface area contributed by atoms with E-state index in [-0.39, 0.29) is 0 Å². The van der Waals surface area contributed by atoms with E-state index in [9.17, 15) is 0 Å². The molecule has 1 saturated heterocycles. The van der Waals surface area contributed by atoms with Crippen molar-refractivity contribution in [3.63, 3.8) is 0 Å². The molecule has 0 bridgehead atoms. The zero-order valence-corrected chi connectivity index (χ0v) is 11.5. The Morgan fingerprint density at radius 1 is 1.11 bits per heavy atom. The lowest BCUT2D eigenvalue weighted by molar-refractivity contribution is 0.271. The van der Waals surface area contributed by atoms with Crippen LogP contribution < -0.4 is 4.90 Å². The molecule has 0 amide bonds. The second-order valence-corrected chi connectivity index (χ2v) is 5.37. The number of hydrogen-bond acceptors (Lipinski definition) is 5. The number of thiophene rings is 1. The van der Waals surface area contributed by atoms with E-state index in [2.05, 4.69) is 37.5 Å². The summed E-state index contributed by atoms with van der Waals surface area (Å²) < 4.78 is 0. The van der Waals surface area contributed by atoms with Crippen molar-refractivity contribution in [1.82, 2.24) is 9.99 Å². The maximum atomic E-state index is 4.53. The number of pyridine rings is 1. The van der Waals surface area contributed by atoms with Gasteiger partial charge in [-0.05, 0) is 23.6 Å². The molecule has 0 aliphatic carbocycles. The third kappa shape index (κ3) is 3.12. The summed E-state index contributed by atoms with van der Waals surface area (Å²) >= 11 is 1.71. The molecule has 3 rings (SSSR count). The maximum Gasteiger partial charge on any atom is 0.128 e. The van der Waals surface area contributed by atoms with E-state index in [0.717, 1.165) is 32.0 Å². The van der Waals surface area contributed by atoms with E-state index in [1.165, 1.54) is 4.88 Å². The maximum absolute atomic E-state index is 4.53. The van der Waals surface area contributed by atoms with Gasteiger partial charge in [0.25, 0.3) is 0 Å². The Bertz CT molecular complexity index is 516. The van der Waals surface area contributed by atoms with Crippen LogP contribution in [0.1, 0.15) is 4.88 Å². The van der Waals surface area contributed by atoms with Crippen molar-refractivity contribution < 1.29 is 0 Å². The summed E-state index contributed by atoms with van der Waals surface area (Å²) in [6.07, 6.45) is 3.79. The third-order valence-electron chi connectivity index (χ3n) is 3.12. The second-order valence-electron chi connectivity index (χ2n) is 4.39. The molecule has 0 atom stereocenters. The molecule has 0 aromatic carbocycles. The first-order chi connectivity index (χ1) is 9.42. The molecule has 0 unspecified atom stereocenters. The predicted octanol–water partition coefficient (Wildman–Crippen LogP) is 2.30. The van der Waals surface area contributed by atoms with Crippen LogP contribution in [0.2, 0.25) is 0 Å². The molecule has 1 fully saturated rings. The van der Waals surface area contributed by atoms with Crippen molar-refractivity contribution in [3.05, 3.63) is 46.8 Å². The molecule has 1 aliphatic rings. The van der Waals surface area contributed by atoms with Crippen molar-refractivity contribution in [3.8, 4) is 0 Å². The second kappa shape index (κ2) is 5.84. The van der Waals surface area contributed by atoms with Gasteiger partial charge in [0, 0.05) is 24.2 Å². The van der Waals surface area contributed by atoms with Gasteiger partial charge in [-0.25, -0.2) is 4.98 Å². The van der Waals surface area contributed by atoms with Gasteiger partial charge in [-0.1, -0.05) is 12.1 Å². The number of aromatic nitrogens is 1. The molecule has 3 heterocycles. The summed E-state index contributed by atoms with van der Waals surface area (Å²) in [7, 11) is 0. The average Bonchev–Trinajstić information content (AvgIpc) is 3.00. The van der Waals surface area contributed by atoms with Gasteiger partial charge >= 0.3 is 0 Å². The summed E-state index contributed by atoms with van der Waals surface area (Å²) in [5.41, 5.74) is 0. The average molecular weight is 272 g/mol. The lowest BCUT2D eigenvalue weighted by atomic mass is 10.3. The third-order valence-corrected chi connectivity index (χ3v) is 3.93. The molecule has 98 valence electrons. The first kappa shape index (κ1) is 12.2. The Morgan fingerprint density at radius 3 is 2.68 bits per heavy atom. The van der Waals surface area contributed by atoms with Gasteiger partial charge in [-0.15, -0.1) is 11.3 Å². The van der Waals surface area contributed by atoms with Gasteiger partial charge in [0.15, 0.2) is 0 Å². The molecule has 19 heavy (non-hydrogen) atoms. The minimum atomic E-state index is 0.943. The molecular weight excluding hydrogens is 256 g/mol. The molecule has 0 spiro atoms. The Labute approximate surface area is 117 Å². The van der Waals surface area contributed by atoms with Crippen molar-refractivity contribution in [1.29, 1.82) is 0 Å². The van der Waals surface area contributed by atoms with E-state index < -0.39 is 0 Å². The zero-order chi connectivity index (χ0) is 12.9. The summed E-state index contributed by atoms with van der Waals surface area (Å²) in [5.74, 6) is 1.06. The van der Waals surface area contributed by atoms with Crippen LogP contribution in [0.15, 0.2) is 47.0 Å². The first-order valence-electron chi connectivity index (χ1n) is 6.40. The normalized spacial score (nSPS) is 16.2. The number of hydrazone groups is 1. The molecule has 1 aliphatic heterocycles. The van der Waals surface area contributed by atoms with Gasteiger partial charge in [0.2, 0.25) is 0 Å². The quantitative estimate of drug-likeness (QED) is 0.804. The highest BCUT2D eigenvalue weighted by Crippen LogP contribution is 2.13. The van der Waals surface area contributed by atoms with E-state index >= 15 is 0 Å². The Kier molecular flexibility index (Phi) is 3.74. The summed E-state index contributed by atoms with van der Waals surface area (Å²) in [6.45, 7) is 3.83. The lowest BCUT2D eigenvalue weighted by Crippen LogP contribution is -2.44. The Morgan fingerprint density at radius 2 is 2.00 bits per heavy atom. The highest BCUT2D eigenvalue weighted by Gasteiger charge is 2.15. The minimum absolute atomic E-state index is 0.943. The van der Waals surface area contributed by atoms with Crippen LogP contribution in [-0.4, -0.2) is 42.4 Å². The summed E-state index contributed by atoms with van der Waals surface area (Å²) in [5, 5.41) is 8.72. The topological polar surface area (TPSA) is 31.7 Å². The number of anilines is 1. The number of hydrogen-bond donors (Lipinski definition) is 0. The van der Waals surface area contributed by atoms with Gasteiger partial charge in [0.1, 0.15) is 5.82 Å². The van der Waals surface area contributed by atoms with Gasteiger partial charge in [-0.3, -0.25) is 5.01 Å². The van der Waals surface area contributed by atoms with E-state index in [4.69, 9.17) is 0 Å². The van der Waals surface area contributed by atoms with E-state index in [1.54, 1.807) is 11.3 Å². The molecule has 2 aromatic rings. The van der Waals surface area contributed by atoms with Crippen molar-refractivity contribution in [2.75, 3.05) is 31.1 Å². The molecule has 4 nitrogen and oxygen atoms in total. The van der Waals surface area contributed by atoms with Crippen molar-refractivity contribution in [2.45, 2.75) is 0 Å². The number of piperazine rings is 1. The SMILES string of the molecule is C(=N\N1CCN(c2ccccn2)CC1)/c1cccs1. The fourth-order valence-electron chi connectivity index (χ4n) is 2.08. The molecule has 0 radical (unpaired) electrons. The number of rotatable bonds is 3. The summed E-state index contributed by atoms with van der Waals surface area (Å²) in [4.78, 5) is 7.89. The Balaban J connectivity index is 1.55. The lowest BCUT2D eigenvalue weighted by Gasteiger charge is -2.33.